The highest BCUT2D eigenvalue weighted by Gasteiger charge is 2.06. The van der Waals surface area contributed by atoms with Crippen LogP contribution in [0.2, 0.25) is 0 Å². The predicted octanol–water partition coefficient (Wildman–Crippen LogP) is 1.63. The van der Waals surface area contributed by atoms with Gasteiger partial charge in [-0.25, -0.2) is 4.98 Å². The third-order valence-electron chi connectivity index (χ3n) is 2.07. The molecule has 2 N–H and O–H groups in total. The molecule has 2 rings (SSSR count). The van der Waals surface area contributed by atoms with Crippen LogP contribution in [0.5, 0.6) is 0 Å². The van der Waals surface area contributed by atoms with E-state index in [1.165, 1.54) is 0 Å². The van der Waals surface area contributed by atoms with Crippen molar-refractivity contribution in [1.29, 1.82) is 0 Å². The van der Waals surface area contributed by atoms with E-state index in [9.17, 15) is 0 Å². The number of nitrogens with two attached hydrogens (primary N) is 1. The summed E-state index contributed by atoms with van der Waals surface area (Å²) >= 11 is 0. The minimum Gasteiger partial charge on any atom is -0.443 e. The molecule has 0 aliphatic heterocycles. The summed E-state index contributed by atoms with van der Waals surface area (Å²) < 4.78 is 5.33. The van der Waals surface area contributed by atoms with Gasteiger partial charge in [0.25, 0.3) is 0 Å². The molecule has 0 aromatic carbocycles. The molecule has 0 bridgehead atoms. The molecule has 0 spiro atoms. The van der Waals surface area contributed by atoms with Gasteiger partial charge in [-0.2, -0.15) is 0 Å². The number of aryl methyl sites for hydroxylation is 1. The van der Waals surface area contributed by atoms with Gasteiger partial charge in [0, 0.05) is 6.20 Å². The Hall–Kier alpha value is -1.68. The maximum Gasteiger partial charge on any atom is 0.245 e. The number of rotatable bonds is 4. The first-order valence-corrected chi connectivity index (χ1v) is 4.96. The Labute approximate surface area is 88.2 Å². The number of pyridine rings is 1. The molecule has 0 saturated heterocycles. The van der Waals surface area contributed by atoms with Gasteiger partial charge in [0.15, 0.2) is 0 Å². The summed E-state index contributed by atoms with van der Waals surface area (Å²) in [5.41, 5.74) is 7.12. The SMILES string of the molecule is NCCCc1coc(-c2ccccn2)n1. The fourth-order valence-electron chi connectivity index (χ4n) is 1.31. The molecule has 0 aliphatic carbocycles. The molecule has 2 heterocycles. The number of hydrogen-bond acceptors (Lipinski definition) is 4. The van der Waals surface area contributed by atoms with E-state index in [-0.39, 0.29) is 0 Å². The van der Waals surface area contributed by atoms with Gasteiger partial charge in [-0.3, -0.25) is 4.98 Å². The Kier molecular flexibility index (Phi) is 3.09. The van der Waals surface area contributed by atoms with Gasteiger partial charge in [-0.15, -0.1) is 0 Å². The van der Waals surface area contributed by atoms with Gasteiger partial charge >= 0.3 is 0 Å². The second-order valence-electron chi connectivity index (χ2n) is 3.25. The molecule has 0 atom stereocenters. The van der Waals surface area contributed by atoms with Crippen LogP contribution in [0, 0.1) is 0 Å². The molecular formula is C11H13N3O. The average molecular weight is 203 g/mol. The van der Waals surface area contributed by atoms with Crippen LogP contribution in [0.4, 0.5) is 0 Å². The molecule has 0 amide bonds. The maximum atomic E-state index is 5.42. The molecule has 15 heavy (non-hydrogen) atoms. The molecule has 0 aliphatic rings. The molecule has 2 aromatic rings. The van der Waals surface area contributed by atoms with Crippen molar-refractivity contribution in [3.63, 3.8) is 0 Å². The minimum absolute atomic E-state index is 0.572. The number of aromatic nitrogens is 2. The van der Waals surface area contributed by atoms with E-state index in [4.69, 9.17) is 10.2 Å². The fourth-order valence-corrected chi connectivity index (χ4v) is 1.31. The lowest BCUT2D eigenvalue weighted by Crippen LogP contribution is -2.00. The van der Waals surface area contributed by atoms with E-state index < -0.39 is 0 Å². The van der Waals surface area contributed by atoms with E-state index in [1.807, 2.05) is 18.2 Å². The summed E-state index contributed by atoms with van der Waals surface area (Å²) in [5, 5.41) is 0. The highest BCUT2D eigenvalue weighted by atomic mass is 16.3. The van der Waals surface area contributed by atoms with E-state index in [1.54, 1.807) is 12.5 Å². The summed E-state index contributed by atoms with van der Waals surface area (Å²) in [6, 6.07) is 5.65. The van der Waals surface area contributed by atoms with Crippen molar-refractivity contribution in [2.24, 2.45) is 5.73 Å². The zero-order valence-electron chi connectivity index (χ0n) is 8.39. The first-order chi connectivity index (χ1) is 7.40. The lowest BCUT2D eigenvalue weighted by molar-refractivity contribution is 0.569. The van der Waals surface area contributed by atoms with E-state index in [0.29, 0.717) is 12.4 Å². The van der Waals surface area contributed by atoms with Crippen LogP contribution in [-0.4, -0.2) is 16.5 Å². The Balaban J connectivity index is 2.14. The van der Waals surface area contributed by atoms with E-state index in [2.05, 4.69) is 9.97 Å². The second-order valence-corrected chi connectivity index (χ2v) is 3.25. The standard InChI is InChI=1S/C11H13N3O/c12-6-3-4-9-8-15-11(14-9)10-5-1-2-7-13-10/h1-2,5,7-8H,3-4,6,12H2. The largest absolute Gasteiger partial charge is 0.443 e. The average Bonchev–Trinajstić information content (AvgIpc) is 2.76. The molecule has 0 saturated carbocycles. The number of hydrogen-bond donors (Lipinski definition) is 1. The van der Waals surface area contributed by atoms with E-state index in [0.717, 1.165) is 24.2 Å². The van der Waals surface area contributed by atoms with Gasteiger partial charge < -0.3 is 10.2 Å². The Morgan fingerprint density at radius 1 is 1.33 bits per heavy atom. The minimum atomic E-state index is 0.572. The first-order valence-electron chi connectivity index (χ1n) is 4.96. The van der Waals surface area contributed by atoms with Crippen molar-refractivity contribution < 1.29 is 4.42 Å². The third kappa shape index (κ3) is 2.41. The molecule has 2 aromatic heterocycles. The van der Waals surface area contributed by atoms with Crippen molar-refractivity contribution >= 4 is 0 Å². The second kappa shape index (κ2) is 4.70. The van der Waals surface area contributed by atoms with Gasteiger partial charge in [-0.1, -0.05) is 6.07 Å². The van der Waals surface area contributed by atoms with Gasteiger partial charge in [0.05, 0.1) is 5.69 Å². The van der Waals surface area contributed by atoms with Crippen molar-refractivity contribution in [1.82, 2.24) is 9.97 Å². The highest BCUT2D eigenvalue weighted by Crippen LogP contribution is 2.15. The quantitative estimate of drug-likeness (QED) is 0.820. The molecular weight excluding hydrogens is 190 g/mol. The summed E-state index contributed by atoms with van der Waals surface area (Å²) in [6.07, 6.45) is 5.17. The fraction of sp³-hybridized carbons (Fsp3) is 0.273. The van der Waals surface area contributed by atoms with Crippen LogP contribution in [0.15, 0.2) is 35.1 Å². The van der Waals surface area contributed by atoms with Gasteiger partial charge in [0.1, 0.15) is 12.0 Å². The van der Waals surface area contributed by atoms with Crippen molar-refractivity contribution in [2.75, 3.05) is 6.54 Å². The van der Waals surface area contributed by atoms with Crippen LogP contribution < -0.4 is 5.73 Å². The van der Waals surface area contributed by atoms with Crippen LogP contribution in [-0.2, 0) is 6.42 Å². The monoisotopic (exact) mass is 203 g/mol. The number of nitrogens with zero attached hydrogens (tertiary/aromatic N) is 2. The van der Waals surface area contributed by atoms with Crippen molar-refractivity contribution in [2.45, 2.75) is 12.8 Å². The smallest absolute Gasteiger partial charge is 0.245 e. The normalized spacial score (nSPS) is 10.5. The lowest BCUT2D eigenvalue weighted by atomic mass is 10.2. The topological polar surface area (TPSA) is 64.9 Å². The first kappa shape index (κ1) is 9.86. The lowest BCUT2D eigenvalue weighted by Gasteiger charge is -1.92. The molecule has 0 fully saturated rings. The summed E-state index contributed by atoms with van der Waals surface area (Å²) in [4.78, 5) is 8.49. The summed E-state index contributed by atoms with van der Waals surface area (Å²) in [5.74, 6) is 0.572. The molecule has 4 nitrogen and oxygen atoms in total. The Bertz CT molecular complexity index is 411. The highest BCUT2D eigenvalue weighted by molar-refractivity contribution is 5.46. The van der Waals surface area contributed by atoms with Crippen LogP contribution in [0.3, 0.4) is 0 Å². The zero-order valence-corrected chi connectivity index (χ0v) is 8.39. The summed E-state index contributed by atoms with van der Waals surface area (Å²) in [7, 11) is 0. The van der Waals surface area contributed by atoms with Gasteiger partial charge in [-0.05, 0) is 31.5 Å². The number of oxazole rings is 1. The van der Waals surface area contributed by atoms with Crippen molar-refractivity contribution in [3.05, 3.63) is 36.4 Å². The summed E-state index contributed by atoms with van der Waals surface area (Å²) in [6.45, 7) is 0.672. The van der Waals surface area contributed by atoms with Crippen LogP contribution in [0.25, 0.3) is 11.6 Å². The third-order valence-corrected chi connectivity index (χ3v) is 2.07. The Morgan fingerprint density at radius 2 is 2.27 bits per heavy atom. The van der Waals surface area contributed by atoms with Crippen LogP contribution >= 0.6 is 0 Å². The molecule has 0 radical (unpaired) electrons. The molecule has 0 unspecified atom stereocenters. The maximum absolute atomic E-state index is 5.42. The Morgan fingerprint density at radius 3 is 3.00 bits per heavy atom. The van der Waals surface area contributed by atoms with E-state index >= 15 is 0 Å². The zero-order chi connectivity index (χ0) is 10.5. The van der Waals surface area contributed by atoms with Gasteiger partial charge in [0.2, 0.25) is 5.89 Å². The molecule has 78 valence electrons. The van der Waals surface area contributed by atoms with Crippen LogP contribution in [0.1, 0.15) is 12.1 Å². The predicted molar refractivity (Wildman–Crippen MR) is 57.1 cm³/mol. The van der Waals surface area contributed by atoms with Crippen molar-refractivity contribution in [3.8, 4) is 11.6 Å². The molecule has 4 heteroatoms.